The lowest BCUT2D eigenvalue weighted by molar-refractivity contribution is 0.415. The predicted octanol–water partition coefficient (Wildman–Crippen LogP) is 4.15. The first-order chi connectivity index (χ1) is 11.6. The second-order valence-electron chi connectivity index (χ2n) is 5.40. The monoisotopic (exact) mass is 317 g/mol. The summed E-state index contributed by atoms with van der Waals surface area (Å²) in [5.41, 5.74) is 2.40. The molecule has 2 aromatic carbocycles. The van der Waals surface area contributed by atoms with Crippen molar-refractivity contribution in [2.24, 2.45) is 0 Å². The normalized spacial score (nSPS) is 10.9. The van der Waals surface area contributed by atoms with E-state index in [4.69, 9.17) is 9.15 Å². The summed E-state index contributed by atoms with van der Waals surface area (Å²) in [5.74, 6) is 0.770. The van der Waals surface area contributed by atoms with Gasteiger partial charge in [0.05, 0.1) is 7.11 Å². The van der Waals surface area contributed by atoms with Gasteiger partial charge in [-0.15, -0.1) is 0 Å². The van der Waals surface area contributed by atoms with Gasteiger partial charge < -0.3 is 9.15 Å². The van der Waals surface area contributed by atoms with Crippen LogP contribution in [0.4, 0.5) is 0 Å². The van der Waals surface area contributed by atoms with Crippen molar-refractivity contribution >= 4 is 23.1 Å². The standard InChI is InChI=1S/C20H15NO3/c1-13-3-10-19-17(11-13)16(18(12-21)20(22)24-19)9-6-14-4-7-15(23-2)8-5-14/h3-11H,1-2H3/b9-6+. The molecule has 0 N–H and O–H groups in total. The van der Waals surface area contributed by atoms with E-state index >= 15 is 0 Å². The van der Waals surface area contributed by atoms with Crippen molar-refractivity contribution in [3.63, 3.8) is 0 Å². The molecular weight excluding hydrogens is 302 g/mol. The first-order valence-electron chi connectivity index (χ1n) is 7.42. The highest BCUT2D eigenvalue weighted by Gasteiger charge is 2.12. The molecule has 1 aromatic heterocycles. The van der Waals surface area contributed by atoms with Crippen LogP contribution in [0.15, 0.2) is 51.7 Å². The summed E-state index contributed by atoms with van der Waals surface area (Å²) in [5, 5.41) is 10.1. The molecule has 118 valence electrons. The van der Waals surface area contributed by atoms with Gasteiger partial charge in [-0.05, 0) is 36.8 Å². The van der Waals surface area contributed by atoms with Crippen molar-refractivity contribution in [2.75, 3.05) is 7.11 Å². The van der Waals surface area contributed by atoms with Crippen LogP contribution in [0.3, 0.4) is 0 Å². The molecule has 4 nitrogen and oxygen atoms in total. The smallest absolute Gasteiger partial charge is 0.354 e. The topological polar surface area (TPSA) is 63.2 Å². The van der Waals surface area contributed by atoms with E-state index in [1.165, 1.54) is 0 Å². The Balaban J connectivity index is 2.16. The van der Waals surface area contributed by atoms with Gasteiger partial charge >= 0.3 is 5.63 Å². The van der Waals surface area contributed by atoms with Crippen LogP contribution in [0.5, 0.6) is 5.75 Å². The van der Waals surface area contributed by atoms with Gasteiger partial charge in [0.2, 0.25) is 0 Å². The van der Waals surface area contributed by atoms with E-state index in [0.29, 0.717) is 11.1 Å². The minimum atomic E-state index is -0.622. The van der Waals surface area contributed by atoms with Crippen LogP contribution in [-0.2, 0) is 0 Å². The second kappa shape index (κ2) is 6.43. The van der Waals surface area contributed by atoms with Crippen LogP contribution in [0.25, 0.3) is 23.1 Å². The van der Waals surface area contributed by atoms with E-state index < -0.39 is 5.63 Å². The molecular formula is C20H15NO3. The third kappa shape index (κ3) is 2.92. The summed E-state index contributed by atoms with van der Waals surface area (Å²) in [6.45, 7) is 1.95. The van der Waals surface area contributed by atoms with Crippen LogP contribution >= 0.6 is 0 Å². The number of fused-ring (bicyclic) bond motifs is 1. The largest absolute Gasteiger partial charge is 0.497 e. The first-order valence-corrected chi connectivity index (χ1v) is 7.42. The van der Waals surface area contributed by atoms with Crippen molar-refractivity contribution in [3.8, 4) is 11.8 Å². The molecule has 0 saturated carbocycles. The summed E-state index contributed by atoms with van der Waals surface area (Å²) in [7, 11) is 1.61. The van der Waals surface area contributed by atoms with Gasteiger partial charge in [0.25, 0.3) is 0 Å². The van der Waals surface area contributed by atoms with Crippen LogP contribution in [-0.4, -0.2) is 7.11 Å². The van der Waals surface area contributed by atoms with E-state index in [9.17, 15) is 10.1 Å². The Morgan fingerprint density at radius 2 is 1.88 bits per heavy atom. The molecule has 4 heteroatoms. The lowest BCUT2D eigenvalue weighted by Gasteiger charge is -2.05. The summed E-state index contributed by atoms with van der Waals surface area (Å²) in [4.78, 5) is 12.0. The number of hydrogen-bond donors (Lipinski definition) is 0. The summed E-state index contributed by atoms with van der Waals surface area (Å²) >= 11 is 0. The summed E-state index contributed by atoms with van der Waals surface area (Å²) in [6, 6.07) is 15.0. The molecule has 0 spiro atoms. The van der Waals surface area contributed by atoms with Crippen LogP contribution in [0.1, 0.15) is 22.3 Å². The number of ether oxygens (including phenoxy) is 1. The van der Waals surface area contributed by atoms with E-state index in [2.05, 4.69) is 0 Å². The van der Waals surface area contributed by atoms with Gasteiger partial charge in [0, 0.05) is 10.9 Å². The summed E-state index contributed by atoms with van der Waals surface area (Å²) in [6.07, 6.45) is 3.63. The third-order valence-corrected chi connectivity index (χ3v) is 3.77. The van der Waals surface area contributed by atoms with Crippen molar-refractivity contribution in [2.45, 2.75) is 6.92 Å². The van der Waals surface area contributed by atoms with Gasteiger partial charge in [0.1, 0.15) is 23.0 Å². The number of rotatable bonds is 3. The fourth-order valence-electron chi connectivity index (χ4n) is 2.51. The maximum atomic E-state index is 12.0. The van der Waals surface area contributed by atoms with E-state index in [1.54, 1.807) is 19.3 Å². The zero-order valence-electron chi connectivity index (χ0n) is 13.4. The molecule has 0 amide bonds. The Morgan fingerprint density at radius 3 is 2.54 bits per heavy atom. The third-order valence-electron chi connectivity index (χ3n) is 3.77. The molecule has 1 heterocycles. The van der Waals surface area contributed by atoms with Crippen molar-refractivity contribution in [1.29, 1.82) is 5.26 Å². The zero-order chi connectivity index (χ0) is 17.1. The highest BCUT2D eigenvalue weighted by Crippen LogP contribution is 2.23. The van der Waals surface area contributed by atoms with Crippen LogP contribution < -0.4 is 10.4 Å². The molecule has 0 saturated heterocycles. The predicted molar refractivity (Wildman–Crippen MR) is 93.9 cm³/mol. The van der Waals surface area contributed by atoms with Gasteiger partial charge in [-0.2, -0.15) is 5.26 Å². The molecule has 0 aliphatic heterocycles. The maximum absolute atomic E-state index is 12.0. The quantitative estimate of drug-likeness (QED) is 0.681. The van der Waals surface area contributed by atoms with Crippen LogP contribution in [0, 0.1) is 18.3 Å². The maximum Gasteiger partial charge on any atom is 0.354 e. The molecule has 3 rings (SSSR count). The Kier molecular flexibility index (Phi) is 4.17. The van der Waals surface area contributed by atoms with Crippen LogP contribution in [0.2, 0.25) is 0 Å². The molecule has 0 aliphatic carbocycles. The Hall–Kier alpha value is -3.32. The molecule has 0 atom stereocenters. The average Bonchev–Trinajstić information content (AvgIpc) is 2.60. The number of hydrogen-bond acceptors (Lipinski definition) is 4. The molecule has 0 aliphatic rings. The lowest BCUT2D eigenvalue weighted by Crippen LogP contribution is -2.06. The van der Waals surface area contributed by atoms with E-state index in [-0.39, 0.29) is 5.56 Å². The molecule has 0 unspecified atom stereocenters. The molecule has 0 fully saturated rings. The fourth-order valence-corrected chi connectivity index (χ4v) is 2.51. The lowest BCUT2D eigenvalue weighted by atomic mass is 10.0. The number of nitrogens with zero attached hydrogens (tertiary/aromatic N) is 1. The number of benzene rings is 2. The van der Waals surface area contributed by atoms with Gasteiger partial charge in [-0.25, -0.2) is 4.79 Å². The Labute approximate surface area is 139 Å². The zero-order valence-corrected chi connectivity index (χ0v) is 13.4. The number of nitriles is 1. The van der Waals surface area contributed by atoms with Crippen molar-refractivity contribution in [3.05, 3.63) is 75.1 Å². The second-order valence-corrected chi connectivity index (χ2v) is 5.40. The van der Waals surface area contributed by atoms with Gasteiger partial charge in [0.15, 0.2) is 0 Å². The highest BCUT2D eigenvalue weighted by atomic mass is 16.5. The van der Waals surface area contributed by atoms with E-state index in [1.807, 2.05) is 55.5 Å². The fraction of sp³-hybridized carbons (Fsp3) is 0.100. The molecule has 3 aromatic rings. The highest BCUT2D eigenvalue weighted by molar-refractivity contribution is 5.92. The Morgan fingerprint density at radius 1 is 1.12 bits per heavy atom. The van der Waals surface area contributed by atoms with Gasteiger partial charge in [-0.1, -0.05) is 35.9 Å². The summed E-state index contributed by atoms with van der Waals surface area (Å²) < 4.78 is 10.4. The minimum absolute atomic E-state index is 0.0119. The molecule has 24 heavy (non-hydrogen) atoms. The van der Waals surface area contributed by atoms with Crippen molar-refractivity contribution < 1.29 is 9.15 Å². The Bertz CT molecular complexity index is 1020. The molecule has 0 bridgehead atoms. The minimum Gasteiger partial charge on any atom is -0.497 e. The SMILES string of the molecule is COc1ccc(/C=C/c2c(C#N)c(=O)oc3ccc(C)cc23)cc1. The number of aryl methyl sites for hydroxylation is 1. The average molecular weight is 317 g/mol. The number of methoxy groups -OCH3 is 1. The first kappa shape index (κ1) is 15.6. The molecule has 0 radical (unpaired) electrons. The van der Waals surface area contributed by atoms with Crippen molar-refractivity contribution in [1.82, 2.24) is 0 Å². The van der Waals surface area contributed by atoms with Gasteiger partial charge in [-0.3, -0.25) is 0 Å². The van der Waals surface area contributed by atoms with E-state index in [0.717, 1.165) is 22.3 Å².